The molecule has 0 spiro atoms. The molecule has 1 aliphatic rings. The number of alkyl halides is 3. The van der Waals surface area contributed by atoms with Crippen molar-refractivity contribution >= 4 is 16.0 Å². The molecule has 2 atom stereocenters. The molecule has 1 saturated heterocycles. The van der Waals surface area contributed by atoms with Gasteiger partial charge in [0.25, 0.3) is 0 Å². The van der Waals surface area contributed by atoms with Crippen LogP contribution in [0, 0.1) is 5.92 Å². The second-order valence-electron chi connectivity index (χ2n) is 4.10. The Bertz CT molecular complexity index is 423. The third-order valence-electron chi connectivity index (χ3n) is 2.48. The van der Waals surface area contributed by atoms with E-state index in [1.54, 1.807) is 6.92 Å². The second kappa shape index (κ2) is 5.02. The van der Waals surface area contributed by atoms with Crippen LogP contribution in [0.1, 0.15) is 6.92 Å². The summed E-state index contributed by atoms with van der Waals surface area (Å²) >= 11 is 0. The number of rotatable bonds is 3. The Morgan fingerprint density at radius 2 is 1.94 bits per heavy atom. The van der Waals surface area contributed by atoms with E-state index >= 15 is 0 Å². The highest BCUT2D eigenvalue weighted by Crippen LogP contribution is 2.23. The summed E-state index contributed by atoms with van der Waals surface area (Å²) in [5, 5.41) is 2.81. The van der Waals surface area contributed by atoms with E-state index in [1.807, 2.05) is 0 Å². The summed E-state index contributed by atoms with van der Waals surface area (Å²) < 4.78 is 59.1. The van der Waals surface area contributed by atoms with E-state index in [4.69, 9.17) is 0 Å². The number of hydrogen-bond donors (Lipinski definition) is 1. The molecular formula is C8H13F3N2O4S. The normalized spacial score (nSPS) is 25.4. The Balaban J connectivity index is 2.91. The predicted octanol–water partition coefficient (Wildman–Crippen LogP) is -0.124. The van der Waals surface area contributed by atoms with Crippen LogP contribution in [0.3, 0.4) is 0 Å². The maximum Gasteiger partial charge on any atom is 0.492 e. The van der Waals surface area contributed by atoms with Gasteiger partial charge in [0, 0.05) is 6.54 Å². The van der Waals surface area contributed by atoms with Gasteiger partial charge in [-0.05, 0) is 16.9 Å². The van der Waals surface area contributed by atoms with Crippen LogP contribution in [0.4, 0.5) is 13.2 Å². The molecule has 0 radical (unpaired) electrons. The molecule has 1 heterocycles. The number of halogens is 3. The first-order valence-corrected chi connectivity index (χ1v) is 6.87. The predicted molar refractivity (Wildman–Crippen MR) is 54.7 cm³/mol. The Kier molecular flexibility index (Phi) is 4.23. The highest BCUT2D eigenvalue weighted by molar-refractivity contribution is 7.88. The second-order valence-corrected chi connectivity index (χ2v) is 5.92. The fourth-order valence-corrected chi connectivity index (χ4v) is 2.57. The molecule has 0 aromatic carbocycles. The van der Waals surface area contributed by atoms with Crippen molar-refractivity contribution in [3.8, 4) is 0 Å². The number of nitrogens with zero attached hydrogens (tertiary/aromatic N) is 1. The van der Waals surface area contributed by atoms with Gasteiger partial charge in [-0.15, -0.1) is 0 Å². The van der Waals surface area contributed by atoms with Crippen LogP contribution in [0.5, 0.6) is 0 Å². The Morgan fingerprint density at radius 1 is 1.39 bits per heavy atom. The van der Waals surface area contributed by atoms with E-state index in [0.29, 0.717) is 12.8 Å². The number of carbonyl (C=O) groups excluding carboxylic acids is 1. The standard InChI is InChI=1S/C8H13F3N2O4S/c1-5-3-12-4-6(5)13(18(2,15)16)17-7(14)8(9,10)11/h5-6,12H,3-4H2,1-2H3/t5-,6-/m1/s1. The van der Waals surface area contributed by atoms with Crippen molar-refractivity contribution in [3.63, 3.8) is 0 Å². The fourth-order valence-electron chi connectivity index (χ4n) is 1.59. The van der Waals surface area contributed by atoms with Crippen molar-refractivity contribution in [1.82, 2.24) is 9.79 Å². The lowest BCUT2D eigenvalue weighted by molar-refractivity contribution is -0.227. The van der Waals surface area contributed by atoms with Crippen LogP contribution in [0.25, 0.3) is 0 Å². The molecule has 1 aliphatic heterocycles. The van der Waals surface area contributed by atoms with E-state index < -0.39 is 28.2 Å². The van der Waals surface area contributed by atoms with E-state index in [1.165, 1.54) is 0 Å². The minimum absolute atomic E-state index is 0.124. The molecule has 6 nitrogen and oxygen atoms in total. The lowest BCUT2D eigenvalue weighted by Gasteiger charge is -2.27. The largest absolute Gasteiger partial charge is 0.492 e. The summed E-state index contributed by atoms with van der Waals surface area (Å²) in [6.45, 7) is 2.20. The molecule has 0 aromatic heterocycles. The van der Waals surface area contributed by atoms with Crippen molar-refractivity contribution in [2.24, 2.45) is 5.92 Å². The van der Waals surface area contributed by atoms with Gasteiger partial charge in [-0.3, -0.25) is 0 Å². The highest BCUT2D eigenvalue weighted by atomic mass is 32.2. The Hall–Kier alpha value is -0.870. The maximum absolute atomic E-state index is 12.1. The highest BCUT2D eigenvalue weighted by Gasteiger charge is 2.46. The third-order valence-corrected chi connectivity index (χ3v) is 3.48. The number of nitrogens with one attached hydrogen (secondary N) is 1. The monoisotopic (exact) mass is 290 g/mol. The van der Waals surface area contributed by atoms with Crippen molar-refractivity contribution in [1.29, 1.82) is 0 Å². The minimum atomic E-state index is -5.24. The topological polar surface area (TPSA) is 75.7 Å². The lowest BCUT2D eigenvalue weighted by atomic mass is 10.1. The van der Waals surface area contributed by atoms with Gasteiger partial charge >= 0.3 is 12.1 Å². The van der Waals surface area contributed by atoms with Crippen LogP contribution < -0.4 is 5.32 Å². The van der Waals surface area contributed by atoms with E-state index in [-0.39, 0.29) is 16.9 Å². The molecule has 1 N–H and O–H groups in total. The van der Waals surface area contributed by atoms with Crippen LogP contribution in [0.15, 0.2) is 0 Å². The number of carbonyl (C=O) groups is 1. The molecule has 0 amide bonds. The molecule has 0 aliphatic carbocycles. The number of hydrogen-bond acceptors (Lipinski definition) is 5. The third kappa shape index (κ3) is 3.56. The van der Waals surface area contributed by atoms with Gasteiger partial charge in [0.2, 0.25) is 10.0 Å². The van der Waals surface area contributed by atoms with Gasteiger partial charge in [-0.1, -0.05) is 6.92 Å². The summed E-state index contributed by atoms with van der Waals surface area (Å²) in [7, 11) is -4.09. The van der Waals surface area contributed by atoms with Gasteiger partial charge in [-0.25, -0.2) is 13.2 Å². The zero-order valence-electron chi connectivity index (χ0n) is 9.69. The van der Waals surface area contributed by atoms with Gasteiger partial charge in [0.1, 0.15) is 0 Å². The molecule has 0 bridgehead atoms. The Morgan fingerprint density at radius 3 is 2.28 bits per heavy atom. The molecule has 0 unspecified atom stereocenters. The number of sulfonamides is 1. The van der Waals surface area contributed by atoms with Gasteiger partial charge in [-0.2, -0.15) is 13.2 Å². The van der Waals surface area contributed by atoms with E-state index in [2.05, 4.69) is 10.2 Å². The van der Waals surface area contributed by atoms with Crippen LogP contribution in [0.2, 0.25) is 0 Å². The van der Waals surface area contributed by atoms with E-state index in [9.17, 15) is 26.4 Å². The molecule has 0 saturated carbocycles. The first kappa shape index (κ1) is 15.2. The maximum atomic E-state index is 12.1. The molecule has 10 heteroatoms. The van der Waals surface area contributed by atoms with Crippen molar-refractivity contribution in [3.05, 3.63) is 0 Å². The summed E-state index contributed by atoms with van der Waals surface area (Å²) in [6, 6.07) is -0.841. The minimum Gasteiger partial charge on any atom is -0.345 e. The lowest BCUT2D eigenvalue weighted by Crippen LogP contribution is -2.47. The molecular weight excluding hydrogens is 277 g/mol. The van der Waals surface area contributed by atoms with Gasteiger partial charge in [0.05, 0.1) is 12.3 Å². The average molecular weight is 290 g/mol. The van der Waals surface area contributed by atoms with Gasteiger partial charge < -0.3 is 10.2 Å². The smallest absolute Gasteiger partial charge is 0.345 e. The summed E-state index contributed by atoms with van der Waals surface area (Å²) in [6.07, 6.45) is -4.56. The van der Waals surface area contributed by atoms with Crippen molar-refractivity contribution in [2.75, 3.05) is 19.3 Å². The first-order chi connectivity index (χ1) is 8.03. The van der Waals surface area contributed by atoms with Gasteiger partial charge in [0.15, 0.2) is 0 Å². The van der Waals surface area contributed by atoms with Crippen molar-refractivity contribution in [2.45, 2.75) is 19.1 Å². The average Bonchev–Trinajstić information content (AvgIpc) is 2.56. The molecule has 18 heavy (non-hydrogen) atoms. The summed E-state index contributed by atoms with van der Waals surface area (Å²) in [5.74, 6) is -2.81. The summed E-state index contributed by atoms with van der Waals surface area (Å²) in [5.41, 5.74) is 0. The van der Waals surface area contributed by atoms with Crippen LogP contribution in [-0.4, -0.2) is 50.4 Å². The van der Waals surface area contributed by atoms with Crippen molar-refractivity contribution < 1.29 is 31.2 Å². The molecule has 1 fully saturated rings. The fraction of sp³-hybridized carbons (Fsp3) is 0.875. The summed E-state index contributed by atoms with van der Waals surface area (Å²) in [4.78, 5) is 14.7. The molecule has 106 valence electrons. The Labute approximate surface area is 102 Å². The SMILES string of the molecule is C[C@@H]1CNC[C@H]1N(OC(=O)C(F)(F)F)S(C)(=O)=O. The zero-order valence-corrected chi connectivity index (χ0v) is 10.5. The quantitative estimate of drug-likeness (QED) is 0.733. The van der Waals surface area contributed by atoms with Crippen LogP contribution >= 0.6 is 0 Å². The first-order valence-electron chi connectivity index (χ1n) is 5.02. The molecule has 1 rings (SSSR count). The zero-order chi connectivity index (χ0) is 14.1. The molecule has 0 aromatic rings. The van der Waals surface area contributed by atoms with Crippen LogP contribution in [-0.2, 0) is 19.7 Å². The van der Waals surface area contributed by atoms with E-state index in [0.717, 1.165) is 0 Å². The number of hydroxylamine groups is 1.